The number of hydrogen-bond acceptors (Lipinski definition) is 9. The minimum atomic E-state index is -3.75. The lowest BCUT2D eigenvalue weighted by molar-refractivity contribution is -0.156. The Morgan fingerprint density at radius 3 is 2.41 bits per heavy atom. The Morgan fingerprint density at radius 1 is 1.10 bits per heavy atom. The fraction of sp³-hybridized carbons (Fsp3) is 0.615. The number of piperazine rings is 1. The molecule has 1 aromatic rings. The van der Waals surface area contributed by atoms with Crippen LogP contribution in [0.2, 0.25) is 0 Å². The first-order valence-electron chi connectivity index (χ1n) is 13.3. The molecule has 1 aliphatic carbocycles. The Bertz CT molecular complexity index is 1200. The van der Waals surface area contributed by atoms with Crippen molar-refractivity contribution in [3.63, 3.8) is 0 Å². The molecule has 0 spiro atoms. The number of Topliss-reactive ketones (excluding diaryl/α,β-unsaturated/α-hetero) is 1. The summed E-state index contributed by atoms with van der Waals surface area (Å²) in [5.74, 6) is -3.80. The molecule has 2 heterocycles. The van der Waals surface area contributed by atoms with Crippen molar-refractivity contribution in [2.45, 2.75) is 74.2 Å². The number of nitrogens with one attached hydrogen (secondary N) is 1. The van der Waals surface area contributed by atoms with Gasteiger partial charge in [-0.15, -0.1) is 12.6 Å². The maximum atomic E-state index is 13.6. The highest BCUT2D eigenvalue weighted by molar-refractivity contribution is 7.88. The molecule has 11 nitrogen and oxygen atoms in total. The molecule has 3 aliphatic rings. The lowest BCUT2D eigenvalue weighted by atomic mass is 9.79. The van der Waals surface area contributed by atoms with E-state index in [4.69, 9.17) is 10.5 Å². The number of rotatable bonds is 9. The van der Waals surface area contributed by atoms with Gasteiger partial charge >= 0.3 is 5.97 Å². The van der Waals surface area contributed by atoms with Crippen molar-refractivity contribution in [2.75, 3.05) is 19.7 Å². The van der Waals surface area contributed by atoms with Gasteiger partial charge in [0.1, 0.15) is 6.04 Å². The number of amides is 2. The quantitative estimate of drug-likeness (QED) is 0.166. The second-order valence-electron chi connectivity index (χ2n) is 10.5. The topological polar surface area (TPSA) is 156 Å². The second kappa shape index (κ2) is 11.9. The number of nitrogens with two attached hydrogens (primary N) is 1. The molecule has 0 radical (unpaired) electrons. The lowest BCUT2D eigenvalue weighted by Gasteiger charge is -2.41. The van der Waals surface area contributed by atoms with Crippen LogP contribution in [0.4, 0.5) is 0 Å². The third-order valence-electron chi connectivity index (χ3n) is 7.89. The summed E-state index contributed by atoms with van der Waals surface area (Å²) in [6.07, 6.45) is 2.91. The number of nitrogens with zero attached hydrogens (tertiary/aromatic N) is 2. The number of ketones is 1. The molecule has 214 valence electrons. The Morgan fingerprint density at radius 2 is 1.77 bits per heavy atom. The number of hydrogen-bond donors (Lipinski definition) is 3. The Kier molecular flexibility index (Phi) is 9.04. The van der Waals surface area contributed by atoms with Gasteiger partial charge in [-0.05, 0) is 56.9 Å². The number of thiol groups is 1. The molecule has 1 saturated carbocycles. The minimum Gasteiger partial charge on any atom is -0.460 e. The van der Waals surface area contributed by atoms with E-state index in [0.29, 0.717) is 44.1 Å². The van der Waals surface area contributed by atoms with Crippen molar-refractivity contribution >= 4 is 46.2 Å². The van der Waals surface area contributed by atoms with Gasteiger partial charge < -0.3 is 20.7 Å². The smallest absolute Gasteiger partial charge is 0.378 e. The molecule has 2 amide bonds. The van der Waals surface area contributed by atoms with Gasteiger partial charge in [0, 0.05) is 18.6 Å². The predicted octanol–water partition coefficient (Wildman–Crippen LogP) is 0.584. The minimum absolute atomic E-state index is 0.00577. The zero-order chi connectivity index (χ0) is 28.4. The molecule has 3 atom stereocenters. The maximum Gasteiger partial charge on any atom is 0.378 e. The number of benzene rings is 1. The van der Waals surface area contributed by atoms with E-state index in [0.717, 1.165) is 0 Å². The standard InChI is InChI=1S/C26H36N4O7S2/c1-2-37-25(34)23(32)26(38,18-8-10-19(27)11-9-18)28-24(33)21-13-12-20-14-29(15-22(31)30(20)21)39(35,36)16-17-6-4-3-5-7-17/h3-7,18-21,38H,2,8-16,27H2,1H3,(H,28,33). The van der Waals surface area contributed by atoms with Crippen molar-refractivity contribution < 1.29 is 32.3 Å². The maximum absolute atomic E-state index is 13.6. The van der Waals surface area contributed by atoms with Crippen LogP contribution in [0.5, 0.6) is 0 Å². The first kappa shape index (κ1) is 29.5. The lowest BCUT2D eigenvalue weighted by Crippen LogP contribution is -2.64. The van der Waals surface area contributed by atoms with Crippen LogP contribution in [-0.2, 0) is 39.7 Å². The highest BCUT2D eigenvalue weighted by atomic mass is 32.2. The zero-order valence-corrected chi connectivity index (χ0v) is 23.7. The van der Waals surface area contributed by atoms with Gasteiger partial charge in [0.2, 0.25) is 21.8 Å². The third-order valence-corrected chi connectivity index (χ3v) is 10.3. The van der Waals surface area contributed by atoms with Crippen LogP contribution in [0, 0.1) is 5.92 Å². The van der Waals surface area contributed by atoms with Gasteiger partial charge in [0.15, 0.2) is 4.87 Å². The van der Waals surface area contributed by atoms with Crippen LogP contribution < -0.4 is 11.1 Å². The van der Waals surface area contributed by atoms with Crippen molar-refractivity contribution in [1.82, 2.24) is 14.5 Å². The van der Waals surface area contributed by atoms with E-state index >= 15 is 0 Å². The highest BCUT2D eigenvalue weighted by Gasteiger charge is 2.52. The fourth-order valence-corrected chi connectivity index (χ4v) is 7.78. The van der Waals surface area contributed by atoms with Gasteiger partial charge in [0.05, 0.1) is 18.9 Å². The zero-order valence-electron chi connectivity index (χ0n) is 22.0. The molecule has 2 saturated heterocycles. The monoisotopic (exact) mass is 580 g/mol. The Balaban J connectivity index is 1.48. The van der Waals surface area contributed by atoms with Gasteiger partial charge in [-0.1, -0.05) is 30.3 Å². The van der Waals surface area contributed by atoms with E-state index in [1.165, 1.54) is 9.21 Å². The van der Waals surface area contributed by atoms with Crippen molar-refractivity contribution in [3.05, 3.63) is 35.9 Å². The van der Waals surface area contributed by atoms with E-state index < -0.39 is 56.5 Å². The normalized spacial score (nSPS) is 27.4. The summed E-state index contributed by atoms with van der Waals surface area (Å²) in [5, 5.41) is 2.70. The average Bonchev–Trinajstić information content (AvgIpc) is 3.34. The average molecular weight is 581 g/mol. The van der Waals surface area contributed by atoms with Gasteiger partial charge in [-0.25, -0.2) is 13.2 Å². The summed E-state index contributed by atoms with van der Waals surface area (Å²) < 4.78 is 32.2. The largest absolute Gasteiger partial charge is 0.460 e. The van der Waals surface area contributed by atoms with E-state index in [9.17, 15) is 27.6 Å². The van der Waals surface area contributed by atoms with Crippen molar-refractivity contribution in [3.8, 4) is 0 Å². The van der Waals surface area contributed by atoms with E-state index in [2.05, 4.69) is 17.9 Å². The molecule has 0 bridgehead atoms. The molecule has 39 heavy (non-hydrogen) atoms. The molecular weight excluding hydrogens is 544 g/mol. The molecule has 3 fully saturated rings. The van der Waals surface area contributed by atoms with Crippen LogP contribution >= 0.6 is 12.6 Å². The SMILES string of the molecule is CCOC(=O)C(=O)C(S)(NC(=O)C1CCC2CN(S(=O)(=O)Cc3ccccc3)CC(=O)N21)C1CCC(N)CC1. The van der Waals surface area contributed by atoms with E-state index in [-0.39, 0.29) is 31.5 Å². The van der Waals surface area contributed by atoms with Crippen LogP contribution in [0.1, 0.15) is 51.0 Å². The molecular formula is C26H36N4O7S2. The second-order valence-corrected chi connectivity index (χ2v) is 13.2. The van der Waals surface area contributed by atoms with Gasteiger partial charge in [0.25, 0.3) is 5.78 Å². The number of sulfonamides is 1. The van der Waals surface area contributed by atoms with E-state index in [1.807, 2.05) is 0 Å². The Hall–Kier alpha value is -2.48. The molecule has 1 aromatic carbocycles. The summed E-state index contributed by atoms with van der Waals surface area (Å²) >= 11 is 4.58. The number of fused-ring (bicyclic) bond motifs is 1. The molecule has 2 aliphatic heterocycles. The summed E-state index contributed by atoms with van der Waals surface area (Å²) in [4.78, 5) is 52.0. The van der Waals surface area contributed by atoms with Crippen LogP contribution in [0.25, 0.3) is 0 Å². The van der Waals surface area contributed by atoms with E-state index in [1.54, 1.807) is 37.3 Å². The summed E-state index contributed by atoms with van der Waals surface area (Å²) in [7, 11) is -3.75. The molecule has 0 aromatic heterocycles. The van der Waals surface area contributed by atoms with Crippen molar-refractivity contribution in [1.29, 1.82) is 0 Å². The summed E-state index contributed by atoms with van der Waals surface area (Å²) in [6.45, 7) is 1.28. The highest BCUT2D eigenvalue weighted by Crippen LogP contribution is 2.37. The Labute approximate surface area is 234 Å². The molecule has 13 heteroatoms. The third kappa shape index (κ3) is 6.31. The first-order chi connectivity index (χ1) is 18.5. The van der Waals surface area contributed by atoms with Crippen molar-refractivity contribution in [2.24, 2.45) is 11.7 Å². The molecule has 3 N–H and O–H groups in total. The summed E-state index contributed by atoms with van der Waals surface area (Å²) in [5.41, 5.74) is 6.64. The molecule has 4 rings (SSSR count). The summed E-state index contributed by atoms with van der Waals surface area (Å²) in [6, 6.07) is 7.32. The first-order valence-corrected chi connectivity index (χ1v) is 15.4. The number of carbonyl (C=O) groups is 4. The van der Waals surface area contributed by atoms with Crippen LogP contribution in [-0.4, -0.2) is 83.9 Å². The molecule has 3 unspecified atom stereocenters. The number of esters is 1. The van der Waals surface area contributed by atoms with Crippen LogP contribution in [0.3, 0.4) is 0 Å². The van der Waals surface area contributed by atoms with Crippen LogP contribution in [0.15, 0.2) is 30.3 Å². The van der Waals surface area contributed by atoms with Gasteiger partial charge in [-0.3, -0.25) is 14.4 Å². The fourth-order valence-electron chi connectivity index (χ4n) is 5.82. The number of ether oxygens (including phenoxy) is 1. The van der Waals surface area contributed by atoms with Gasteiger partial charge in [-0.2, -0.15) is 4.31 Å². The number of carbonyl (C=O) groups excluding carboxylic acids is 4. The predicted molar refractivity (Wildman–Crippen MR) is 146 cm³/mol.